The normalized spacial score (nSPS) is 15.6. The lowest BCUT2D eigenvalue weighted by Crippen LogP contribution is -2.50. The van der Waals surface area contributed by atoms with Crippen LogP contribution in [-0.4, -0.2) is 93.9 Å². The van der Waals surface area contributed by atoms with Crippen LogP contribution in [0.1, 0.15) is 45.5 Å². The Labute approximate surface area is 340 Å². The fraction of sp³-hybridized carbons (Fsp3) is 0.233. The average molecular weight is 841 g/mol. The first-order valence-corrected chi connectivity index (χ1v) is 24.4. The highest BCUT2D eigenvalue weighted by molar-refractivity contribution is 7.86. The molecule has 0 atom stereocenters. The zero-order valence-corrected chi connectivity index (χ0v) is 35.5. The largest absolute Gasteiger partial charge is 0.481 e. The number of carboxylic acid groups (broad SMARTS) is 1. The molecule has 58 heavy (non-hydrogen) atoms. The van der Waals surface area contributed by atoms with Crippen LogP contribution in [0.2, 0.25) is 13.1 Å². The third-order valence-corrected chi connectivity index (χ3v) is 16.2. The number of anilines is 1. The Morgan fingerprint density at radius 3 is 2.03 bits per heavy atom. The summed E-state index contributed by atoms with van der Waals surface area (Å²) in [5, 5.41) is 11.3. The van der Waals surface area contributed by atoms with Crippen molar-refractivity contribution in [1.82, 2.24) is 4.90 Å². The number of carboxylic acids is 1. The summed E-state index contributed by atoms with van der Waals surface area (Å²) in [5.41, 5.74) is 6.38. The van der Waals surface area contributed by atoms with Crippen molar-refractivity contribution in [1.29, 1.82) is 0 Å². The molecule has 0 radical (unpaired) electrons. The van der Waals surface area contributed by atoms with E-state index in [1.54, 1.807) is 55.6 Å². The summed E-state index contributed by atoms with van der Waals surface area (Å²) in [4.78, 5) is 28.5. The Kier molecular flexibility index (Phi) is 11.9. The molecule has 1 heterocycles. The van der Waals surface area contributed by atoms with Gasteiger partial charge in [-0.2, -0.15) is 16.8 Å². The lowest BCUT2D eigenvalue weighted by atomic mass is 9.87. The van der Waals surface area contributed by atoms with Gasteiger partial charge in [-0.05, 0) is 81.0 Å². The maximum Gasteiger partial charge on any atom is 0.303 e. The van der Waals surface area contributed by atoms with E-state index in [0.29, 0.717) is 28.7 Å². The number of nitrogens with zero attached hydrogens (tertiary/aromatic N) is 3. The van der Waals surface area contributed by atoms with Crippen molar-refractivity contribution >= 4 is 62.3 Å². The van der Waals surface area contributed by atoms with Gasteiger partial charge in [-0.25, -0.2) is 4.58 Å². The van der Waals surface area contributed by atoms with Crippen molar-refractivity contribution < 1.29 is 45.2 Å². The SMILES string of the molecule is CN(CCCC(=O)O)C(=O)c1ccccc1C1=C2C=CC(=[N+](C)Cc3ccccc3S(=O)(=O)O)C=C2[Si](C)(C)c2cc(N(C)Cc3ccccc3S(=O)(=O)O)ccc21. The fourth-order valence-electron chi connectivity index (χ4n) is 7.72. The average Bonchev–Trinajstić information content (AvgIpc) is 3.17. The number of carbonyl (C=O) groups is 2. The quantitative estimate of drug-likeness (QED) is 0.0849. The molecule has 0 unspecified atom stereocenters. The van der Waals surface area contributed by atoms with E-state index in [1.807, 2.05) is 60.0 Å². The third kappa shape index (κ3) is 8.68. The first kappa shape index (κ1) is 42.2. The molecule has 0 saturated heterocycles. The molecular formula is C43H46N3O9S2Si+. The second kappa shape index (κ2) is 16.4. The molecule has 1 aliphatic carbocycles. The van der Waals surface area contributed by atoms with Gasteiger partial charge in [0.1, 0.15) is 20.0 Å². The molecule has 0 spiro atoms. The summed E-state index contributed by atoms with van der Waals surface area (Å²) < 4.78 is 70.7. The molecule has 2 aliphatic rings. The number of hydrogen-bond donors (Lipinski definition) is 3. The van der Waals surface area contributed by atoms with Crippen molar-refractivity contribution in [3.8, 4) is 0 Å². The number of rotatable bonds is 13. The van der Waals surface area contributed by atoms with Crippen LogP contribution in [0.15, 0.2) is 130 Å². The molecule has 4 aromatic carbocycles. The van der Waals surface area contributed by atoms with E-state index in [1.165, 1.54) is 17.0 Å². The number of allylic oxidation sites excluding steroid dienone is 5. The van der Waals surface area contributed by atoms with Gasteiger partial charge in [-0.15, -0.1) is 0 Å². The summed E-state index contributed by atoms with van der Waals surface area (Å²) in [6.07, 6.45) is 6.35. The van der Waals surface area contributed by atoms with E-state index in [4.69, 9.17) is 0 Å². The Morgan fingerprint density at radius 2 is 1.38 bits per heavy atom. The summed E-state index contributed by atoms with van der Waals surface area (Å²) in [7, 11) is -6.17. The van der Waals surface area contributed by atoms with Crippen LogP contribution in [0.4, 0.5) is 5.69 Å². The van der Waals surface area contributed by atoms with Gasteiger partial charge in [0.25, 0.3) is 26.1 Å². The smallest absolute Gasteiger partial charge is 0.303 e. The molecule has 15 heteroatoms. The van der Waals surface area contributed by atoms with Gasteiger partial charge < -0.3 is 14.9 Å². The first-order chi connectivity index (χ1) is 27.3. The van der Waals surface area contributed by atoms with E-state index >= 15 is 0 Å². The monoisotopic (exact) mass is 840 g/mol. The molecule has 3 N–H and O–H groups in total. The van der Waals surface area contributed by atoms with Crippen LogP contribution in [0.5, 0.6) is 0 Å². The van der Waals surface area contributed by atoms with Crippen LogP contribution < -0.4 is 10.1 Å². The molecule has 0 fully saturated rings. The lowest BCUT2D eigenvalue weighted by Gasteiger charge is -2.38. The minimum atomic E-state index is -4.46. The van der Waals surface area contributed by atoms with Crippen LogP contribution >= 0.6 is 0 Å². The number of aliphatic carboxylic acids is 1. The molecular weight excluding hydrogens is 795 g/mol. The van der Waals surface area contributed by atoms with Gasteiger partial charge in [0.2, 0.25) is 0 Å². The summed E-state index contributed by atoms with van der Waals surface area (Å²) >= 11 is 0. The van der Waals surface area contributed by atoms with E-state index in [-0.39, 0.29) is 41.8 Å². The molecule has 0 bridgehead atoms. The molecule has 1 amide bonds. The predicted molar refractivity (Wildman–Crippen MR) is 227 cm³/mol. The number of benzene rings is 4. The maximum atomic E-state index is 14.1. The second-order valence-corrected chi connectivity index (χ2v) is 22.2. The number of amides is 1. The molecule has 4 aromatic rings. The fourth-order valence-corrected chi connectivity index (χ4v) is 12.2. The third-order valence-electron chi connectivity index (χ3n) is 10.7. The minimum absolute atomic E-state index is 0.0620. The van der Waals surface area contributed by atoms with E-state index in [2.05, 4.69) is 25.2 Å². The summed E-state index contributed by atoms with van der Waals surface area (Å²) in [5.74, 6) is -1.18. The molecule has 0 aromatic heterocycles. The van der Waals surface area contributed by atoms with E-state index in [9.17, 15) is 40.6 Å². The van der Waals surface area contributed by atoms with Gasteiger partial charge in [-0.3, -0.25) is 18.7 Å². The van der Waals surface area contributed by atoms with Crippen molar-refractivity contribution in [3.05, 3.63) is 148 Å². The second-order valence-electron chi connectivity index (χ2n) is 15.1. The molecule has 1 aliphatic heterocycles. The van der Waals surface area contributed by atoms with Crippen molar-refractivity contribution in [2.75, 3.05) is 32.6 Å². The highest BCUT2D eigenvalue weighted by Gasteiger charge is 2.41. The van der Waals surface area contributed by atoms with Crippen molar-refractivity contribution in [2.24, 2.45) is 0 Å². The molecule has 12 nitrogen and oxygen atoms in total. The molecule has 6 rings (SSSR count). The highest BCUT2D eigenvalue weighted by atomic mass is 32.2. The summed E-state index contributed by atoms with van der Waals surface area (Å²) in [6.45, 7) is 5.12. The number of hydrogen-bond acceptors (Lipinski definition) is 7. The highest BCUT2D eigenvalue weighted by Crippen LogP contribution is 2.43. The lowest BCUT2D eigenvalue weighted by molar-refractivity contribution is -0.512. The predicted octanol–water partition coefficient (Wildman–Crippen LogP) is 5.80. The van der Waals surface area contributed by atoms with Crippen molar-refractivity contribution in [2.45, 2.75) is 48.8 Å². The number of carbonyl (C=O) groups excluding carboxylic acids is 1. The maximum absolute atomic E-state index is 14.1. The van der Waals surface area contributed by atoms with E-state index in [0.717, 1.165) is 38.5 Å². The Hall–Kier alpha value is -5.45. The van der Waals surface area contributed by atoms with Gasteiger partial charge >= 0.3 is 5.97 Å². The van der Waals surface area contributed by atoms with Gasteiger partial charge in [0.15, 0.2) is 12.3 Å². The Bertz CT molecular complexity index is 2680. The molecule has 302 valence electrons. The van der Waals surface area contributed by atoms with Gasteiger partial charge in [0.05, 0.1) is 4.90 Å². The van der Waals surface area contributed by atoms with Crippen LogP contribution in [0.3, 0.4) is 0 Å². The zero-order valence-electron chi connectivity index (χ0n) is 32.9. The number of fused-ring (bicyclic) bond motifs is 2. The van der Waals surface area contributed by atoms with E-state index < -0.39 is 34.3 Å². The van der Waals surface area contributed by atoms with Crippen LogP contribution in [-0.2, 0) is 38.1 Å². The van der Waals surface area contributed by atoms with Crippen LogP contribution in [0.25, 0.3) is 5.57 Å². The zero-order chi connectivity index (χ0) is 42.2. The standard InChI is InChI=1S/C43H45N3O9S2Si/c1-44(24-12-19-41(47)48)43(49)34-16-9-8-15-33(34)42-35-22-20-31(45(2)27-29-13-6-10-17-37(29)56(50,51)52)25-39(35)58(4,5)40-26-32(21-23-36(40)42)46(3)28-30-14-7-11-18-38(30)57(53,54)55/h6-11,13-18,20-23,25-26H,12,19,24,27-28H2,1-5H3,(H2-,47,48,50,51,52,53,54,55)/p+1. The van der Waals surface area contributed by atoms with Crippen molar-refractivity contribution in [3.63, 3.8) is 0 Å². The Balaban J connectivity index is 1.52. The van der Waals surface area contributed by atoms with Crippen LogP contribution in [0, 0.1) is 0 Å². The first-order valence-electron chi connectivity index (χ1n) is 18.6. The summed E-state index contributed by atoms with van der Waals surface area (Å²) in [6, 6.07) is 26.1. The van der Waals surface area contributed by atoms with Gasteiger partial charge in [-0.1, -0.05) is 73.8 Å². The molecule has 0 saturated carbocycles. The van der Waals surface area contributed by atoms with Gasteiger partial charge in [0, 0.05) is 62.6 Å². The minimum Gasteiger partial charge on any atom is -0.481 e. The topological polar surface area (TPSA) is 173 Å². The Morgan fingerprint density at radius 1 is 0.776 bits per heavy atom.